The van der Waals surface area contributed by atoms with Gasteiger partial charge in [-0.05, 0) is 48.0 Å². The molecule has 4 nitrogen and oxygen atoms in total. The Balaban J connectivity index is 2.59. The zero-order valence-electron chi connectivity index (χ0n) is 13.1. The molecular weight excluding hydrogens is 243 g/mol. The van der Waals surface area contributed by atoms with Crippen molar-refractivity contribution in [2.24, 2.45) is 5.41 Å². The summed E-state index contributed by atoms with van der Waals surface area (Å²) in [5.74, 6) is 1.65. The highest BCUT2D eigenvalue weighted by Crippen LogP contribution is 2.37. The highest BCUT2D eigenvalue weighted by Gasteiger charge is 2.50. The monoisotopic (exact) mass is 268 g/mol. The Kier molecular flexibility index (Phi) is 4.53. The van der Waals surface area contributed by atoms with Gasteiger partial charge < -0.3 is 14.0 Å². The molecule has 0 aromatic heterocycles. The summed E-state index contributed by atoms with van der Waals surface area (Å²) in [6.07, 6.45) is 2.50. The Bertz CT molecular complexity index is 356. The summed E-state index contributed by atoms with van der Waals surface area (Å²) in [7, 11) is 1.04. The van der Waals surface area contributed by atoms with Crippen LogP contribution in [0.15, 0.2) is 12.1 Å². The molecule has 1 rings (SSSR count). The van der Waals surface area contributed by atoms with Gasteiger partial charge in [0.2, 0.25) is 0 Å². The maximum absolute atomic E-state index is 11.5. The van der Waals surface area contributed by atoms with E-state index in [1.54, 1.807) is 0 Å². The van der Waals surface area contributed by atoms with E-state index in [0.717, 1.165) is 0 Å². The largest absolute Gasteiger partial charge is 0.486 e. The summed E-state index contributed by atoms with van der Waals surface area (Å²) in [4.78, 5) is 11.5. The molecule has 0 aromatic carbocycles. The molecular formula is C14H25BO4. The zero-order chi connectivity index (χ0) is 14.9. The van der Waals surface area contributed by atoms with Crippen LogP contribution >= 0.6 is 0 Å². The van der Waals surface area contributed by atoms with Crippen molar-refractivity contribution in [2.45, 2.75) is 59.2 Å². The van der Waals surface area contributed by atoms with Crippen LogP contribution in [0.2, 0.25) is 0 Å². The van der Waals surface area contributed by atoms with Crippen LogP contribution in [0.3, 0.4) is 0 Å². The van der Waals surface area contributed by atoms with E-state index >= 15 is 0 Å². The number of hydrogen-bond acceptors (Lipinski definition) is 4. The molecule has 1 heterocycles. The van der Waals surface area contributed by atoms with Crippen molar-refractivity contribution in [3.8, 4) is 0 Å². The molecule has 19 heavy (non-hydrogen) atoms. The van der Waals surface area contributed by atoms with Crippen molar-refractivity contribution in [3.63, 3.8) is 0 Å². The zero-order valence-corrected chi connectivity index (χ0v) is 13.1. The second kappa shape index (κ2) is 5.29. The molecule has 0 radical (unpaired) electrons. The van der Waals surface area contributed by atoms with Gasteiger partial charge in [0.25, 0.3) is 0 Å². The second-order valence-electron chi connectivity index (χ2n) is 6.63. The number of carbonyl (C=O) groups excluding carboxylic acids is 1. The van der Waals surface area contributed by atoms with Crippen LogP contribution in [0, 0.1) is 5.41 Å². The van der Waals surface area contributed by atoms with Gasteiger partial charge in [0.15, 0.2) is 0 Å². The summed E-state index contributed by atoms with van der Waals surface area (Å²) in [5.41, 5.74) is -1.20. The topological polar surface area (TPSA) is 44.8 Å². The van der Waals surface area contributed by atoms with E-state index in [1.807, 2.05) is 53.6 Å². The molecule has 0 N–H and O–H groups in total. The number of ether oxygens (including phenoxy) is 1. The molecule has 0 aromatic rings. The lowest BCUT2D eigenvalue weighted by molar-refractivity contribution is -0.150. The van der Waals surface area contributed by atoms with Crippen molar-refractivity contribution < 1.29 is 18.8 Å². The molecule has 0 aliphatic carbocycles. The Morgan fingerprint density at radius 1 is 1.21 bits per heavy atom. The molecule has 0 unspecified atom stereocenters. The lowest BCUT2D eigenvalue weighted by Crippen LogP contribution is -2.41. The number of esters is 1. The van der Waals surface area contributed by atoms with Crippen LogP contribution in [0.1, 0.15) is 48.0 Å². The molecule has 1 aliphatic rings. The average Bonchev–Trinajstić information content (AvgIpc) is 2.45. The first kappa shape index (κ1) is 16.2. The summed E-state index contributed by atoms with van der Waals surface area (Å²) in [5, 5.41) is 0. The van der Waals surface area contributed by atoms with Crippen LogP contribution in [-0.4, -0.2) is 31.4 Å². The predicted octanol–water partition coefficient (Wildman–Crippen LogP) is 2.76. The van der Waals surface area contributed by atoms with E-state index in [0.29, 0.717) is 6.42 Å². The number of methoxy groups -OCH3 is 1. The molecule has 5 heteroatoms. The maximum Gasteiger partial charge on any atom is 0.486 e. The molecule has 0 atom stereocenters. The summed E-state index contributed by atoms with van der Waals surface area (Å²) in [6.45, 7) is 11.8. The highest BCUT2D eigenvalue weighted by atomic mass is 16.7. The Morgan fingerprint density at radius 2 is 1.68 bits per heavy atom. The molecule has 0 amide bonds. The average molecular weight is 268 g/mol. The maximum atomic E-state index is 11.5. The third kappa shape index (κ3) is 3.60. The normalized spacial score (nSPS) is 21.9. The van der Waals surface area contributed by atoms with Crippen molar-refractivity contribution in [3.05, 3.63) is 12.1 Å². The van der Waals surface area contributed by atoms with Crippen LogP contribution in [0.25, 0.3) is 0 Å². The number of allylic oxidation sites excluding steroid dienone is 1. The van der Waals surface area contributed by atoms with Crippen molar-refractivity contribution in [1.82, 2.24) is 0 Å². The summed E-state index contributed by atoms with van der Waals surface area (Å²) >= 11 is 0. The van der Waals surface area contributed by atoms with Crippen molar-refractivity contribution >= 4 is 13.1 Å². The molecule has 0 spiro atoms. The minimum absolute atomic E-state index is 0.217. The van der Waals surface area contributed by atoms with Crippen molar-refractivity contribution in [1.29, 1.82) is 0 Å². The van der Waals surface area contributed by atoms with E-state index < -0.39 is 5.41 Å². The Labute approximate surface area is 116 Å². The number of carbonyl (C=O) groups is 1. The first-order valence-electron chi connectivity index (χ1n) is 6.62. The van der Waals surface area contributed by atoms with Gasteiger partial charge >= 0.3 is 13.1 Å². The first-order chi connectivity index (χ1) is 8.52. The van der Waals surface area contributed by atoms with Crippen LogP contribution in [0.5, 0.6) is 0 Å². The third-order valence-corrected chi connectivity index (χ3v) is 3.93. The van der Waals surface area contributed by atoms with E-state index in [1.165, 1.54) is 7.11 Å². The minimum atomic E-state index is -0.533. The van der Waals surface area contributed by atoms with Crippen LogP contribution in [-0.2, 0) is 18.8 Å². The Hall–Kier alpha value is -0.805. The van der Waals surface area contributed by atoms with E-state index in [4.69, 9.17) is 14.0 Å². The quantitative estimate of drug-likeness (QED) is 0.581. The number of rotatable bonds is 4. The smallest absolute Gasteiger partial charge is 0.469 e. The van der Waals surface area contributed by atoms with Crippen LogP contribution < -0.4 is 0 Å². The van der Waals surface area contributed by atoms with Gasteiger partial charge in [-0.2, -0.15) is 0 Å². The van der Waals surface area contributed by atoms with Gasteiger partial charge in [-0.1, -0.05) is 12.1 Å². The van der Waals surface area contributed by atoms with E-state index in [-0.39, 0.29) is 24.3 Å². The van der Waals surface area contributed by atoms with E-state index in [9.17, 15) is 4.79 Å². The van der Waals surface area contributed by atoms with Crippen molar-refractivity contribution in [2.75, 3.05) is 7.11 Å². The SMILES string of the molecule is COC(=O)C(C)(C)CC=CB1OC(C)(C)C(C)(C)O1. The fraction of sp³-hybridized carbons (Fsp3) is 0.786. The predicted molar refractivity (Wildman–Crippen MR) is 75.6 cm³/mol. The summed E-state index contributed by atoms with van der Waals surface area (Å²) < 4.78 is 16.4. The lowest BCUT2D eigenvalue weighted by atomic mass is 9.84. The molecule has 1 aliphatic heterocycles. The standard InChI is InChI=1S/C14H25BO4/c1-12(2,11(16)17-7)9-8-10-15-18-13(3,4)14(5,6)19-15/h8,10H,9H2,1-7H3. The van der Waals surface area contributed by atoms with E-state index in [2.05, 4.69) is 0 Å². The second-order valence-corrected chi connectivity index (χ2v) is 6.63. The summed E-state index contributed by atoms with van der Waals surface area (Å²) in [6, 6.07) is 0. The first-order valence-corrected chi connectivity index (χ1v) is 6.62. The molecule has 0 bridgehead atoms. The van der Waals surface area contributed by atoms with Gasteiger partial charge in [0.1, 0.15) is 0 Å². The van der Waals surface area contributed by atoms with Gasteiger partial charge in [0, 0.05) is 0 Å². The molecule has 108 valence electrons. The van der Waals surface area contributed by atoms with Gasteiger partial charge in [0.05, 0.1) is 23.7 Å². The molecule has 1 fully saturated rings. The minimum Gasteiger partial charge on any atom is -0.469 e. The Morgan fingerprint density at radius 3 is 2.11 bits per heavy atom. The third-order valence-electron chi connectivity index (χ3n) is 3.93. The number of hydrogen-bond donors (Lipinski definition) is 0. The fourth-order valence-electron chi connectivity index (χ4n) is 1.80. The van der Waals surface area contributed by atoms with Gasteiger partial charge in [-0.3, -0.25) is 4.79 Å². The van der Waals surface area contributed by atoms with Crippen LogP contribution in [0.4, 0.5) is 0 Å². The fourth-order valence-corrected chi connectivity index (χ4v) is 1.80. The van der Waals surface area contributed by atoms with Gasteiger partial charge in [-0.25, -0.2) is 0 Å². The molecule has 1 saturated heterocycles. The molecule has 0 saturated carbocycles. The lowest BCUT2D eigenvalue weighted by Gasteiger charge is -2.32. The van der Waals surface area contributed by atoms with Gasteiger partial charge in [-0.15, -0.1) is 0 Å². The highest BCUT2D eigenvalue weighted by molar-refractivity contribution is 6.51.